The number of methoxy groups -OCH3 is 1. The van der Waals surface area contributed by atoms with Crippen molar-refractivity contribution >= 4 is 5.91 Å². The summed E-state index contributed by atoms with van der Waals surface area (Å²) in [6.45, 7) is 5.64. The minimum atomic E-state index is 0.118. The van der Waals surface area contributed by atoms with Gasteiger partial charge in [-0.15, -0.1) is 0 Å². The van der Waals surface area contributed by atoms with Gasteiger partial charge in [-0.05, 0) is 49.6 Å². The normalized spacial score (nSPS) is 13.9. The van der Waals surface area contributed by atoms with Gasteiger partial charge in [0.2, 0.25) is 5.91 Å². The number of benzene rings is 1. The van der Waals surface area contributed by atoms with Crippen LogP contribution in [0.5, 0.6) is 5.75 Å². The molecular formula is C17H21N3O2. The highest BCUT2D eigenvalue weighted by Crippen LogP contribution is 2.23. The van der Waals surface area contributed by atoms with Crippen molar-refractivity contribution in [1.29, 1.82) is 0 Å². The smallest absolute Gasteiger partial charge is 0.244 e. The molecule has 1 aliphatic rings. The van der Waals surface area contributed by atoms with E-state index in [1.165, 1.54) is 11.1 Å². The van der Waals surface area contributed by atoms with Crippen LogP contribution in [0.15, 0.2) is 24.3 Å². The van der Waals surface area contributed by atoms with Crippen LogP contribution in [-0.4, -0.2) is 34.2 Å². The molecule has 22 heavy (non-hydrogen) atoms. The molecule has 0 unspecified atom stereocenters. The number of nitrogens with zero attached hydrogens (tertiary/aromatic N) is 3. The van der Waals surface area contributed by atoms with E-state index in [9.17, 15) is 4.79 Å². The van der Waals surface area contributed by atoms with Gasteiger partial charge in [-0.1, -0.05) is 6.07 Å². The second-order valence-corrected chi connectivity index (χ2v) is 5.78. The van der Waals surface area contributed by atoms with Crippen LogP contribution in [0.25, 0.3) is 0 Å². The maximum atomic E-state index is 12.5. The summed E-state index contributed by atoms with van der Waals surface area (Å²) in [5.41, 5.74) is 4.44. The van der Waals surface area contributed by atoms with Crippen LogP contribution in [0.1, 0.15) is 22.5 Å². The van der Waals surface area contributed by atoms with E-state index in [1.54, 1.807) is 11.8 Å². The Balaban J connectivity index is 1.71. The highest BCUT2D eigenvalue weighted by atomic mass is 16.5. The van der Waals surface area contributed by atoms with Crippen LogP contribution in [0.2, 0.25) is 0 Å². The summed E-state index contributed by atoms with van der Waals surface area (Å²) in [6.07, 6.45) is 0.870. The van der Waals surface area contributed by atoms with Crippen molar-refractivity contribution in [1.82, 2.24) is 14.7 Å². The first-order valence-electron chi connectivity index (χ1n) is 7.51. The van der Waals surface area contributed by atoms with E-state index in [2.05, 4.69) is 17.2 Å². The first kappa shape index (κ1) is 14.6. The Kier molecular flexibility index (Phi) is 3.88. The topological polar surface area (TPSA) is 47.4 Å². The lowest BCUT2D eigenvalue weighted by Crippen LogP contribution is -2.38. The minimum absolute atomic E-state index is 0.118. The maximum absolute atomic E-state index is 12.5. The van der Waals surface area contributed by atoms with E-state index in [1.807, 2.05) is 30.9 Å². The number of amides is 1. The van der Waals surface area contributed by atoms with Gasteiger partial charge < -0.3 is 9.64 Å². The lowest BCUT2D eigenvalue weighted by atomic mass is 9.99. The molecule has 0 aliphatic carbocycles. The molecule has 5 nitrogen and oxygen atoms in total. The van der Waals surface area contributed by atoms with E-state index >= 15 is 0 Å². The lowest BCUT2D eigenvalue weighted by molar-refractivity contribution is -0.133. The SMILES string of the molecule is COc1ccc2c(c1)CCN(C(=O)Cn1nc(C)cc1C)C2. The summed E-state index contributed by atoms with van der Waals surface area (Å²) >= 11 is 0. The second kappa shape index (κ2) is 5.83. The Bertz CT molecular complexity index is 706. The Hall–Kier alpha value is -2.30. The minimum Gasteiger partial charge on any atom is -0.497 e. The van der Waals surface area contributed by atoms with Crippen molar-refractivity contribution in [3.8, 4) is 5.75 Å². The number of carbonyl (C=O) groups excluding carboxylic acids is 1. The molecule has 0 spiro atoms. The number of carbonyl (C=O) groups is 1. The maximum Gasteiger partial charge on any atom is 0.244 e. The number of hydrogen-bond acceptors (Lipinski definition) is 3. The van der Waals surface area contributed by atoms with Crippen LogP contribution >= 0.6 is 0 Å². The number of fused-ring (bicyclic) bond motifs is 1. The van der Waals surface area contributed by atoms with E-state index in [0.717, 1.165) is 30.1 Å². The molecule has 0 atom stereocenters. The Morgan fingerprint density at radius 1 is 1.27 bits per heavy atom. The number of rotatable bonds is 3. The number of hydrogen-bond donors (Lipinski definition) is 0. The number of aryl methyl sites for hydroxylation is 2. The molecule has 1 aromatic carbocycles. The van der Waals surface area contributed by atoms with Gasteiger partial charge in [-0.25, -0.2) is 0 Å². The van der Waals surface area contributed by atoms with Crippen molar-refractivity contribution in [3.63, 3.8) is 0 Å². The molecule has 3 rings (SSSR count). The van der Waals surface area contributed by atoms with Crippen molar-refractivity contribution in [2.45, 2.75) is 33.4 Å². The molecule has 1 aromatic heterocycles. The van der Waals surface area contributed by atoms with E-state index in [4.69, 9.17) is 4.74 Å². The molecular weight excluding hydrogens is 278 g/mol. The summed E-state index contributed by atoms with van der Waals surface area (Å²) in [6, 6.07) is 8.06. The monoisotopic (exact) mass is 299 g/mol. The van der Waals surface area contributed by atoms with Crippen molar-refractivity contribution in [2.24, 2.45) is 0 Å². The first-order chi connectivity index (χ1) is 10.6. The molecule has 2 aromatic rings. The van der Waals surface area contributed by atoms with E-state index in [0.29, 0.717) is 13.1 Å². The van der Waals surface area contributed by atoms with E-state index < -0.39 is 0 Å². The van der Waals surface area contributed by atoms with Gasteiger partial charge >= 0.3 is 0 Å². The molecule has 0 bridgehead atoms. The summed E-state index contributed by atoms with van der Waals surface area (Å²) in [7, 11) is 1.68. The average molecular weight is 299 g/mol. The van der Waals surface area contributed by atoms with Crippen LogP contribution in [0, 0.1) is 13.8 Å². The summed E-state index contributed by atoms with van der Waals surface area (Å²) in [4.78, 5) is 14.4. The lowest BCUT2D eigenvalue weighted by Gasteiger charge is -2.29. The van der Waals surface area contributed by atoms with Gasteiger partial charge in [-0.3, -0.25) is 9.48 Å². The zero-order chi connectivity index (χ0) is 15.7. The molecule has 5 heteroatoms. The van der Waals surface area contributed by atoms with E-state index in [-0.39, 0.29) is 5.91 Å². The third kappa shape index (κ3) is 2.84. The number of ether oxygens (including phenoxy) is 1. The number of aromatic nitrogens is 2. The van der Waals surface area contributed by atoms with Gasteiger partial charge in [-0.2, -0.15) is 5.10 Å². The Morgan fingerprint density at radius 2 is 2.09 bits per heavy atom. The van der Waals surface area contributed by atoms with Crippen LogP contribution in [0.4, 0.5) is 0 Å². The fourth-order valence-corrected chi connectivity index (χ4v) is 2.93. The zero-order valence-corrected chi connectivity index (χ0v) is 13.3. The highest BCUT2D eigenvalue weighted by molar-refractivity contribution is 5.76. The Morgan fingerprint density at radius 3 is 2.77 bits per heavy atom. The molecule has 0 saturated carbocycles. The van der Waals surface area contributed by atoms with Gasteiger partial charge in [0.1, 0.15) is 12.3 Å². The second-order valence-electron chi connectivity index (χ2n) is 5.78. The molecule has 0 saturated heterocycles. The molecule has 1 aliphatic heterocycles. The first-order valence-corrected chi connectivity index (χ1v) is 7.51. The highest BCUT2D eigenvalue weighted by Gasteiger charge is 2.21. The standard InChI is InChI=1S/C17H21N3O2/c1-12-8-13(2)20(18-12)11-17(21)19-7-6-14-9-16(22-3)5-4-15(14)10-19/h4-5,8-9H,6-7,10-11H2,1-3H3. The molecule has 1 amide bonds. The van der Waals surface area contributed by atoms with Gasteiger partial charge in [0, 0.05) is 18.8 Å². The van der Waals surface area contributed by atoms with Crippen molar-refractivity contribution < 1.29 is 9.53 Å². The summed E-state index contributed by atoms with van der Waals surface area (Å²) in [5.74, 6) is 0.994. The largest absolute Gasteiger partial charge is 0.497 e. The molecule has 2 heterocycles. The van der Waals surface area contributed by atoms with Crippen molar-refractivity contribution in [2.75, 3.05) is 13.7 Å². The third-order valence-corrected chi connectivity index (χ3v) is 4.17. The Labute approximate surface area is 130 Å². The van der Waals surface area contributed by atoms with Gasteiger partial charge in [0.15, 0.2) is 0 Å². The molecule has 0 N–H and O–H groups in total. The van der Waals surface area contributed by atoms with Crippen LogP contribution in [-0.2, 0) is 24.3 Å². The molecule has 0 radical (unpaired) electrons. The fourth-order valence-electron chi connectivity index (χ4n) is 2.93. The predicted molar refractivity (Wildman–Crippen MR) is 83.8 cm³/mol. The van der Waals surface area contributed by atoms with Crippen molar-refractivity contribution in [3.05, 3.63) is 46.8 Å². The quantitative estimate of drug-likeness (QED) is 0.872. The van der Waals surface area contributed by atoms with Crippen LogP contribution in [0.3, 0.4) is 0 Å². The molecule has 116 valence electrons. The summed E-state index contributed by atoms with van der Waals surface area (Å²) in [5, 5.41) is 4.36. The summed E-state index contributed by atoms with van der Waals surface area (Å²) < 4.78 is 7.04. The van der Waals surface area contributed by atoms with Crippen LogP contribution < -0.4 is 4.74 Å². The van der Waals surface area contributed by atoms with Gasteiger partial charge in [0.25, 0.3) is 0 Å². The van der Waals surface area contributed by atoms with Gasteiger partial charge in [0.05, 0.1) is 12.8 Å². The average Bonchev–Trinajstić information content (AvgIpc) is 2.83. The fraction of sp³-hybridized carbons (Fsp3) is 0.412. The third-order valence-electron chi connectivity index (χ3n) is 4.17. The predicted octanol–water partition coefficient (Wildman–Crippen LogP) is 2.09. The zero-order valence-electron chi connectivity index (χ0n) is 13.3. The molecule has 0 fully saturated rings.